The summed E-state index contributed by atoms with van der Waals surface area (Å²) >= 11 is 1.28. The van der Waals surface area contributed by atoms with Crippen molar-refractivity contribution in [2.24, 2.45) is 0 Å². The van der Waals surface area contributed by atoms with Crippen molar-refractivity contribution in [2.75, 3.05) is 18.6 Å². The summed E-state index contributed by atoms with van der Waals surface area (Å²) in [7, 11) is 1.58. The lowest BCUT2D eigenvalue weighted by atomic mass is 9.94. The van der Waals surface area contributed by atoms with Crippen LogP contribution in [0.25, 0.3) is 16.0 Å². The molecule has 0 aliphatic carbocycles. The number of ether oxygens (including phenoxy) is 3. The molecule has 40 heavy (non-hydrogen) atoms. The smallest absolute Gasteiger partial charge is 0.301 e. The predicted octanol–water partition coefficient (Wildman–Crippen LogP) is 6.04. The molecule has 1 aromatic heterocycles. The Morgan fingerprint density at radius 3 is 2.62 bits per heavy atom. The highest BCUT2D eigenvalue weighted by molar-refractivity contribution is 7.22. The summed E-state index contributed by atoms with van der Waals surface area (Å²) < 4.78 is 17.7. The first-order valence-corrected chi connectivity index (χ1v) is 14.0. The van der Waals surface area contributed by atoms with Gasteiger partial charge in [0.2, 0.25) is 0 Å². The van der Waals surface area contributed by atoms with Crippen molar-refractivity contribution in [2.45, 2.75) is 38.8 Å². The average Bonchev–Trinajstić information content (AvgIpc) is 3.63. The van der Waals surface area contributed by atoms with Crippen LogP contribution in [0.1, 0.15) is 43.0 Å². The molecule has 9 heteroatoms. The van der Waals surface area contributed by atoms with Crippen molar-refractivity contribution in [1.82, 2.24) is 4.98 Å². The van der Waals surface area contributed by atoms with Gasteiger partial charge in [0.25, 0.3) is 5.78 Å². The highest BCUT2D eigenvalue weighted by Gasteiger charge is 2.48. The van der Waals surface area contributed by atoms with E-state index in [1.807, 2.05) is 56.3 Å². The summed E-state index contributed by atoms with van der Waals surface area (Å²) in [5.74, 6) is 0.356. The molecular weight excluding hydrogens is 528 g/mol. The minimum absolute atomic E-state index is 0.0102. The fraction of sp³-hybridized carbons (Fsp3) is 0.258. The summed E-state index contributed by atoms with van der Waals surface area (Å²) in [4.78, 5) is 33.3. The van der Waals surface area contributed by atoms with Crippen LogP contribution in [-0.2, 0) is 16.0 Å². The Hall–Kier alpha value is -4.37. The molecule has 0 saturated carbocycles. The Labute approximate surface area is 235 Å². The van der Waals surface area contributed by atoms with E-state index >= 15 is 0 Å². The van der Waals surface area contributed by atoms with E-state index in [9.17, 15) is 14.7 Å². The fourth-order valence-corrected chi connectivity index (χ4v) is 6.18. The highest BCUT2D eigenvalue weighted by Crippen LogP contribution is 2.45. The second-order valence-corrected chi connectivity index (χ2v) is 10.9. The number of ketones is 1. The predicted molar refractivity (Wildman–Crippen MR) is 153 cm³/mol. The van der Waals surface area contributed by atoms with Crippen molar-refractivity contribution < 1.29 is 28.9 Å². The molecule has 0 spiro atoms. The molecule has 1 saturated heterocycles. The normalized spacial score (nSPS) is 19.6. The van der Waals surface area contributed by atoms with E-state index in [1.54, 1.807) is 25.3 Å². The van der Waals surface area contributed by atoms with Crippen LogP contribution in [0.3, 0.4) is 0 Å². The topological polar surface area (TPSA) is 98.2 Å². The Morgan fingerprint density at radius 2 is 1.88 bits per heavy atom. The Balaban J connectivity index is 1.49. The zero-order chi connectivity index (χ0) is 28.0. The number of amides is 1. The maximum atomic E-state index is 13.6. The number of Topliss-reactive ketones (excluding diaryl/α,β-unsaturated/α-hetero) is 1. The first kappa shape index (κ1) is 25.9. The number of fused-ring (bicyclic) bond motifs is 2. The third kappa shape index (κ3) is 4.46. The van der Waals surface area contributed by atoms with Crippen molar-refractivity contribution >= 4 is 44.1 Å². The molecule has 8 nitrogen and oxygen atoms in total. The van der Waals surface area contributed by atoms with Crippen molar-refractivity contribution in [3.05, 3.63) is 82.9 Å². The lowest BCUT2D eigenvalue weighted by Gasteiger charge is -2.23. The largest absolute Gasteiger partial charge is 0.507 e. The number of thiazole rings is 1. The highest BCUT2D eigenvalue weighted by atomic mass is 32.1. The number of hydrogen-bond donors (Lipinski definition) is 1. The van der Waals surface area contributed by atoms with E-state index in [0.29, 0.717) is 46.3 Å². The molecule has 4 aromatic rings. The monoisotopic (exact) mass is 556 g/mol. The number of methoxy groups -OCH3 is 1. The summed E-state index contributed by atoms with van der Waals surface area (Å²) in [6.07, 6.45) is 1.60. The molecule has 1 fully saturated rings. The molecule has 2 aliphatic heterocycles. The van der Waals surface area contributed by atoms with Crippen LogP contribution < -0.4 is 19.1 Å². The van der Waals surface area contributed by atoms with Gasteiger partial charge in [-0.25, -0.2) is 4.98 Å². The van der Waals surface area contributed by atoms with Crippen molar-refractivity contribution in [3.63, 3.8) is 0 Å². The summed E-state index contributed by atoms with van der Waals surface area (Å²) in [5.41, 5.74) is 2.74. The molecule has 6 rings (SSSR count). The zero-order valence-electron chi connectivity index (χ0n) is 22.3. The van der Waals surface area contributed by atoms with Crippen LogP contribution in [0.5, 0.6) is 17.2 Å². The van der Waals surface area contributed by atoms with E-state index in [2.05, 4.69) is 4.98 Å². The average molecular weight is 557 g/mol. The second-order valence-electron chi connectivity index (χ2n) is 9.87. The number of carbonyl (C=O) groups is 2. The molecular formula is C31H28N2O6S. The summed E-state index contributed by atoms with van der Waals surface area (Å²) in [6.45, 7) is 4.58. The van der Waals surface area contributed by atoms with Crippen LogP contribution in [0, 0.1) is 0 Å². The van der Waals surface area contributed by atoms with Crippen LogP contribution in [0.15, 0.2) is 66.2 Å². The van der Waals surface area contributed by atoms with Gasteiger partial charge in [-0.1, -0.05) is 30.4 Å². The van der Waals surface area contributed by atoms with Gasteiger partial charge in [-0.15, -0.1) is 0 Å². The van der Waals surface area contributed by atoms with E-state index in [4.69, 9.17) is 14.2 Å². The lowest BCUT2D eigenvalue weighted by Crippen LogP contribution is -2.29. The minimum atomic E-state index is -0.883. The molecule has 0 radical (unpaired) electrons. The van der Waals surface area contributed by atoms with E-state index in [1.165, 1.54) is 16.2 Å². The molecule has 1 amide bonds. The summed E-state index contributed by atoms with van der Waals surface area (Å²) in [6, 6.07) is 17.1. The number of anilines is 1. The lowest BCUT2D eigenvalue weighted by molar-refractivity contribution is -0.132. The second kappa shape index (κ2) is 10.3. The van der Waals surface area contributed by atoms with E-state index < -0.39 is 17.7 Å². The van der Waals surface area contributed by atoms with E-state index in [0.717, 1.165) is 22.4 Å². The van der Waals surface area contributed by atoms with Gasteiger partial charge in [0, 0.05) is 12.0 Å². The van der Waals surface area contributed by atoms with Gasteiger partial charge in [-0.2, -0.15) is 0 Å². The van der Waals surface area contributed by atoms with Gasteiger partial charge in [0.05, 0.1) is 35.5 Å². The molecule has 204 valence electrons. The number of aliphatic hydroxyl groups is 1. The zero-order valence-corrected chi connectivity index (χ0v) is 23.2. The standard InChI is InChI=1S/C31H28N2O6S/c1-4-13-38-21-8-5-18(6-9-21)27-26(28(34)19-7-12-24-20(15-19)14-17(2)39-24)29(35)30(36)33(27)31-32-23-11-10-22(37-3)16-25(23)40-31/h5-12,15-17,27,34H,4,13-14H2,1-3H3/b28-26+. The number of aliphatic hydroxyl groups excluding tert-OH is 1. The Bertz CT molecular complexity index is 1660. The van der Waals surface area contributed by atoms with Gasteiger partial charge in [0.1, 0.15) is 29.1 Å². The van der Waals surface area contributed by atoms with Crippen LogP contribution in [-0.4, -0.2) is 41.6 Å². The van der Waals surface area contributed by atoms with Gasteiger partial charge >= 0.3 is 5.91 Å². The first-order chi connectivity index (χ1) is 19.4. The molecule has 0 bridgehead atoms. The number of benzene rings is 3. The molecule has 1 N–H and O–H groups in total. The SMILES string of the molecule is CCCOc1ccc(C2/C(=C(\O)c3ccc4c(c3)CC(C)O4)C(=O)C(=O)N2c2nc3ccc(OC)cc3s2)cc1. The number of carbonyl (C=O) groups excluding carboxylic acids is 2. The Morgan fingerprint density at radius 1 is 1.10 bits per heavy atom. The van der Waals surface area contributed by atoms with Crippen molar-refractivity contribution in [3.8, 4) is 17.2 Å². The number of nitrogens with zero attached hydrogens (tertiary/aromatic N) is 2. The number of rotatable bonds is 7. The maximum Gasteiger partial charge on any atom is 0.301 e. The molecule has 2 aliphatic rings. The number of hydrogen-bond acceptors (Lipinski definition) is 8. The van der Waals surface area contributed by atoms with E-state index in [-0.39, 0.29) is 17.4 Å². The Kier molecular flexibility index (Phi) is 6.67. The molecule has 2 unspecified atom stereocenters. The third-order valence-electron chi connectivity index (χ3n) is 7.07. The molecule has 3 aromatic carbocycles. The van der Waals surface area contributed by atoms with Gasteiger partial charge in [-0.05, 0) is 73.0 Å². The third-order valence-corrected chi connectivity index (χ3v) is 8.09. The van der Waals surface area contributed by atoms with Crippen LogP contribution in [0.4, 0.5) is 5.13 Å². The van der Waals surface area contributed by atoms with Gasteiger partial charge in [-0.3, -0.25) is 14.5 Å². The van der Waals surface area contributed by atoms with Gasteiger partial charge in [0.15, 0.2) is 5.13 Å². The maximum absolute atomic E-state index is 13.6. The molecule has 2 atom stereocenters. The van der Waals surface area contributed by atoms with Gasteiger partial charge < -0.3 is 19.3 Å². The molecule has 3 heterocycles. The fourth-order valence-electron chi connectivity index (χ4n) is 5.16. The minimum Gasteiger partial charge on any atom is -0.507 e. The quantitative estimate of drug-likeness (QED) is 0.168. The van der Waals surface area contributed by atoms with Crippen molar-refractivity contribution in [1.29, 1.82) is 0 Å². The van der Waals surface area contributed by atoms with Crippen LogP contribution >= 0.6 is 11.3 Å². The number of aromatic nitrogens is 1. The van der Waals surface area contributed by atoms with Crippen LogP contribution in [0.2, 0.25) is 0 Å². The first-order valence-electron chi connectivity index (χ1n) is 13.2. The summed E-state index contributed by atoms with van der Waals surface area (Å²) in [5, 5.41) is 11.9.